The van der Waals surface area contributed by atoms with E-state index >= 15 is 0 Å². The van der Waals surface area contributed by atoms with Crippen molar-refractivity contribution in [2.24, 2.45) is 0 Å². The van der Waals surface area contributed by atoms with Crippen molar-refractivity contribution in [2.45, 2.75) is 40.2 Å². The van der Waals surface area contributed by atoms with Gasteiger partial charge in [-0.15, -0.1) is 0 Å². The largest absolute Gasteiger partial charge is 0.353 e. The van der Waals surface area contributed by atoms with Gasteiger partial charge in [0.1, 0.15) is 17.5 Å². The van der Waals surface area contributed by atoms with E-state index in [0.29, 0.717) is 18.8 Å². The van der Waals surface area contributed by atoms with E-state index in [1.807, 2.05) is 26.0 Å². The van der Waals surface area contributed by atoms with Crippen LogP contribution < -0.4 is 9.80 Å². The minimum Gasteiger partial charge on any atom is -0.353 e. The molecule has 1 fully saturated rings. The maximum Gasteiger partial charge on any atom is 0.152 e. The molecule has 1 saturated heterocycles. The van der Waals surface area contributed by atoms with Gasteiger partial charge in [-0.3, -0.25) is 0 Å². The molecule has 0 bridgehead atoms. The average Bonchev–Trinajstić information content (AvgIpc) is 2.95. The molecule has 1 aliphatic heterocycles. The first-order valence-electron chi connectivity index (χ1n) is 9.50. The van der Waals surface area contributed by atoms with Crippen LogP contribution in [0, 0.1) is 13.8 Å². The Morgan fingerprint density at radius 1 is 1.07 bits per heavy atom. The number of sulfone groups is 1. The molecule has 1 aliphatic rings. The lowest BCUT2D eigenvalue weighted by Crippen LogP contribution is -2.37. The highest BCUT2D eigenvalue weighted by molar-refractivity contribution is 7.91. The number of aromatic nitrogens is 2. The molecule has 0 spiro atoms. The monoisotopic (exact) mass is 388 g/mol. The predicted octanol–water partition coefficient (Wildman–Crippen LogP) is 3.26. The van der Waals surface area contributed by atoms with Gasteiger partial charge in [0, 0.05) is 30.9 Å². The fraction of sp³-hybridized carbons (Fsp3) is 0.500. The molecule has 2 heterocycles. The number of aryl methyl sites for hydroxylation is 2. The first-order chi connectivity index (χ1) is 12.8. The zero-order chi connectivity index (χ0) is 19.6. The van der Waals surface area contributed by atoms with Crippen LogP contribution in [0.3, 0.4) is 0 Å². The highest BCUT2D eigenvalue weighted by Gasteiger charge is 2.32. The number of hydrogen-bond acceptors (Lipinski definition) is 6. The van der Waals surface area contributed by atoms with E-state index in [-0.39, 0.29) is 17.5 Å². The molecule has 1 atom stereocenters. The van der Waals surface area contributed by atoms with Crippen LogP contribution in [0.4, 0.5) is 17.3 Å². The van der Waals surface area contributed by atoms with Gasteiger partial charge < -0.3 is 9.80 Å². The lowest BCUT2D eigenvalue weighted by Gasteiger charge is -2.30. The van der Waals surface area contributed by atoms with Crippen LogP contribution in [0.2, 0.25) is 0 Å². The highest BCUT2D eigenvalue weighted by Crippen LogP contribution is 2.29. The molecular formula is C20H28N4O2S. The summed E-state index contributed by atoms with van der Waals surface area (Å²) in [4.78, 5) is 13.5. The summed E-state index contributed by atoms with van der Waals surface area (Å²) in [6.07, 6.45) is 0.657. The van der Waals surface area contributed by atoms with E-state index in [2.05, 4.69) is 51.8 Å². The molecule has 0 aliphatic carbocycles. The number of rotatable bonds is 6. The molecule has 27 heavy (non-hydrogen) atoms. The normalized spacial score (nSPS) is 18.4. The van der Waals surface area contributed by atoms with Crippen molar-refractivity contribution in [3.63, 3.8) is 0 Å². The summed E-state index contributed by atoms with van der Waals surface area (Å²) >= 11 is 0. The number of nitrogens with zero attached hydrogens (tertiary/aromatic N) is 4. The van der Waals surface area contributed by atoms with Gasteiger partial charge in [-0.2, -0.15) is 0 Å². The lowest BCUT2D eigenvalue weighted by molar-refractivity contribution is 0.599. The minimum absolute atomic E-state index is 0.0174. The molecule has 1 aromatic carbocycles. The van der Waals surface area contributed by atoms with Crippen LogP contribution in [-0.2, 0) is 9.84 Å². The van der Waals surface area contributed by atoms with E-state index < -0.39 is 9.84 Å². The Kier molecular flexibility index (Phi) is 5.69. The van der Waals surface area contributed by atoms with Gasteiger partial charge in [-0.05, 0) is 51.8 Å². The number of anilines is 3. The lowest BCUT2D eigenvalue weighted by atomic mass is 10.2. The van der Waals surface area contributed by atoms with Crippen LogP contribution in [0.1, 0.15) is 31.7 Å². The summed E-state index contributed by atoms with van der Waals surface area (Å²) in [5, 5.41) is 0. The molecule has 0 N–H and O–H groups in total. The Hall–Kier alpha value is -2.15. The zero-order valence-corrected chi connectivity index (χ0v) is 17.3. The number of hydrogen-bond donors (Lipinski definition) is 0. The fourth-order valence-corrected chi connectivity index (χ4v) is 5.45. The van der Waals surface area contributed by atoms with Crippen LogP contribution in [0.5, 0.6) is 0 Å². The third-order valence-corrected chi connectivity index (χ3v) is 6.75. The first kappa shape index (κ1) is 19.6. The average molecular weight is 389 g/mol. The van der Waals surface area contributed by atoms with Gasteiger partial charge in [0.25, 0.3) is 0 Å². The van der Waals surface area contributed by atoms with Crippen molar-refractivity contribution in [2.75, 3.05) is 34.4 Å². The second kappa shape index (κ2) is 7.84. The predicted molar refractivity (Wildman–Crippen MR) is 111 cm³/mol. The molecule has 2 aromatic rings. The van der Waals surface area contributed by atoms with E-state index in [9.17, 15) is 8.42 Å². The summed E-state index contributed by atoms with van der Waals surface area (Å²) in [6.45, 7) is 9.60. The molecule has 7 heteroatoms. The van der Waals surface area contributed by atoms with Crippen molar-refractivity contribution in [1.82, 2.24) is 9.97 Å². The zero-order valence-electron chi connectivity index (χ0n) is 16.5. The molecule has 146 valence electrons. The van der Waals surface area contributed by atoms with Gasteiger partial charge in [0.2, 0.25) is 0 Å². The van der Waals surface area contributed by atoms with Gasteiger partial charge in [0.15, 0.2) is 9.84 Å². The van der Waals surface area contributed by atoms with E-state index in [1.54, 1.807) is 0 Å². The molecule has 1 aromatic heterocycles. The summed E-state index contributed by atoms with van der Waals surface area (Å²) in [6, 6.07) is 10.3. The maximum absolute atomic E-state index is 11.9. The minimum atomic E-state index is -2.94. The summed E-state index contributed by atoms with van der Waals surface area (Å²) in [5.74, 6) is 2.79. The summed E-state index contributed by atoms with van der Waals surface area (Å²) in [7, 11) is -2.94. The van der Waals surface area contributed by atoms with Gasteiger partial charge >= 0.3 is 0 Å². The van der Waals surface area contributed by atoms with Crippen LogP contribution >= 0.6 is 0 Å². The van der Waals surface area contributed by atoms with E-state index in [1.165, 1.54) is 5.56 Å². The Labute approximate surface area is 162 Å². The second-order valence-corrected chi connectivity index (χ2v) is 9.29. The SMILES string of the molecule is CCN(c1cccc(C)c1)c1cc(N(CC)C2CCS(=O)(=O)C2)nc(C)n1. The third-order valence-electron chi connectivity index (χ3n) is 5.00. The molecule has 6 nitrogen and oxygen atoms in total. The van der Waals surface area contributed by atoms with Crippen LogP contribution in [-0.4, -0.2) is 49.0 Å². The van der Waals surface area contributed by atoms with E-state index in [4.69, 9.17) is 0 Å². The highest BCUT2D eigenvalue weighted by atomic mass is 32.2. The van der Waals surface area contributed by atoms with E-state index in [0.717, 1.165) is 23.9 Å². The molecule has 0 amide bonds. The Bertz CT molecular complexity index is 914. The van der Waals surface area contributed by atoms with Crippen LogP contribution in [0.25, 0.3) is 0 Å². The van der Waals surface area contributed by atoms with Gasteiger partial charge in [0.05, 0.1) is 11.5 Å². The molecule has 3 rings (SSSR count). The third kappa shape index (κ3) is 4.40. The molecule has 1 unspecified atom stereocenters. The van der Waals surface area contributed by atoms with Crippen molar-refractivity contribution in [3.8, 4) is 0 Å². The number of benzene rings is 1. The summed E-state index contributed by atoms with van der Waals surface area (Å²) in [5.41, 5.74) is 2.29. The standard InChI is InChI=1S/C20H28N4O2S/c1-5-23(17-9-7-8-15(3)12-17)19-13-20(22-16(4)21-19)24(6-2)18-10-11-27(25,26)14-18/h7-9,12-13,18H,5-6,10-11,14H2,1-4H3. The Morgan fingerprint density at radius 2 is 1.81 bits per heavy atom. The van der Waals surface area contributed by atoms with Gasteiger partial charge in [-0.1, -0.05) is 12.1 Å². The van der Waals surface area contributed by atoms with Gasteiger partial charge in [-0.25, -0.2) is 18.4 Å². The maximum atomic E-state index is 11.9. The smallest absolute Gasteiger partial charge is 0.152 e. The molecular weight excluding hydrogens is 360 g/mol. The van der Waals surface area contributed by atoms with Crippen LogP contribution in [0.15, 0.2) is 30.3 Å². The Balaban J connectivity index is 1.97. The quantitative estimate of drug-likeness (QED) is 0.757. The second-order valence-electron chi connectivity index (χ2n) is 7.06. The van der Waals surface area contributed by atoms with Crippen molar-refractivity contribution < 1.29 is 8.42 Å². The fourth-order valence-electron chi connectivity index (χ4n) is 3.72. The van der Waals surface area contributed by atoms with Crippen molar-refractivity contribution in [3.05, 3.63) is 41.7 Å². The Morgan fingerprint density at radius 3 is 2.41 bits per heavy atom. The first-order valence-corrected chi connectivity index (χ1v) is 11.3. The molecule has 0 saturated carbocycles. The van der Waals surface area contributed by atoms with Crippen molar-refractivity contribution in [1.29, 1.82) is 0 Å². The summed E-state index contributed by atoms with van der Waals surface area (Å²) < 4.78 is 23.9. The van der Waals surface area contributed by atoms with Crippen molar-refractivity contribution >= 4 is 27.2 Å². The molecule has 0 radical (unpaired) electrons. The topological polar surface area (TPSA) is 66.4 Å².